The van der Waals surface area contributed by atoms with Gasteiger partial charge in [-0.1, -0.05) is 6.08 Å². The Morgan fingerprint density at radius 3 is 2.64 bits per heavy atom. The molecule has 0 saturated heterocycles. The summed E-state index contributed by atoms with van der Waals surface area (Å²) in [5, 5.41) is 19.0. The summed E-state index contributed by atoms with van der Waals surface area (Å²) in [7, 11) is 0. The molecule has 2 heteroatoms. The third-order valence-corrected chi connectivity index (χ3v) is 2.50. The van der Waals surface area contributed by atoms with E-state index in [1.807, 2.05) is 6.08 Å². The van der Waals surface area contributed by atoms with Crippen molar-refractivity contribution in [3.63, 3.8) is 0 Å². The predicted molar refractivity (Wildman–Crippen MR) is 44.2 cm³/mol. The molecule has 0 radical (unpaired) electrons. The molecule has 0 aliphatic heterocycles. The molecule has 0 amide bonds. The Labute approximate surface area is 67.6 Å². The molecule has 0 bridgehead atoms. The molecule has 2 atom stereocenters. The molecule has 0 aromatic rings. The lowest BCUT2D eigenvalue weighted by molar-refractivity contribution is -0.0254. The Morgan fingerprint density at radius 1 is 1.64 bits per heavy atom. The van der Waals surface area contributed by atoms with Crippen LogP contribution in [0, 0.1) is 0 Å². The molecular weight excluding hydrogens is 140 g/mol. The van der Waals surface area contributed by atoms with Crippen molar-refractivity contribution in [3.05, 3.63) is 11.6 Å². The fourth-order valence-corrected chi connectivity index (χ4v) is 1.40. The fourth-order valence-electron chi connectivity index (χ4n) is 1.40. The largest absolute Gasteiger partial charge is 0.390 e. The number of allylic oxidation sites excluding steroid dienone is 1. The van der Waals surface area contributed by atoms with E-state index < -0.39 is 11.7 Å². The molecule has 1 rings (SSSR count). The molecule has 0 aromatic heterocycles. The van der Waals surface area contributed by atoms with Crippen LogP contribution < -0.4 is 0 Å². The lowest BCUT2D eigenvalue weighted by Gasteiger charge is -2.28. The van der Waals surface area contributed by atoms with Crippen molar-refractivity contribution in [2.24, 2.45) is 0 Å². The molecule has 2 unspecified atom stereocenters. The smallest absolute Gasteiger partial charge is 0.108 e. The first-order valence-electron chi connectivity index (χ1n) is 4.15. The van der Waals surface area contributed by atoms with Crippen LogP contribution >= 0.6 is 0 Å². The molecule has 0 spiro atoms. The Morgan fingerprint density at radius 2 is 2.27 bits per heavy atom. The van der Waals surface area contributed by atoms with Crippen molar-refractivity contribution in [3.8, 4) is 0 Å². The third-order valence-electron chi connectivity index (χ3n) is 2.50. The van der Waals surface area contributed by atoms with Gasteiger partial charge in [0.1, 0.15) is 5.60 Å². The average Bonchev–Trinajstić information content (AvgIpc) is 2.37. The SMILES string of the molecule is CC(O)C(C)(O)C1=CCCC1. The zero-order chi connectivity index (χ0) is 8.48. The number of hydrogen-bond acceptors (Lipinski definition) is 2. The van der Waals surface area contributed by atoms with E-state index in [4.69, 9.17) is 0 Å². The van der Waals surface area contributed by atoms with Gasteiger partial charge in [-0.15, -0.1) is 0 Å². The molecule has 1 aliphatic rings. The molecule has 0 fully saturated rings. The topological polar surface area (TPSA) is 40.5 Å². The standard InChI is InChI=1S/C9H16O2/c1-7(10)9(2,11)8-5-3-4-6-8/h5,7,10-11H,3-4,6H2,1-2H3. The van der Waals surface area contributed by atoms with Crippen LogP contribution in [-0.2, 0) is 0 Å². The minimum atomic E-state index is -1.00. The van der Waals surface area contributed by atoms with Crippen LogP contribution in [0.4, 0.5) is 0 Å². The van der Waals surface area contributed by atoms with Gasteiger partial charge in [-0.05, 0) is 38.7 Å². The molecule has 0 saturated carbocycles. The summed E-state index contributed by atoms with van der Waals surface area (Å²) in [6.07, 6.45) is 4.44. The zero-order valence-corrected chi connectivity index (χ0v) is 7.17. The van der Waals surface area contributed by atoms with Crippen LogP contribution in [0.5, 0.6) is 0 Å². The van der Waals surface area contributed by atoms with Gasteiger partial charge in [-0.25, -0.2) is 0 Å². The maximum absolute atomic E-state index is 9.77. The van der Waals surface area contributed by atoms with Gasteiger partial charge in [0.05, 0.1) is 6.10 Å². The summed E-state index contributed by atoms with van der Waals surface area (Å²) in [5.41, 5.74) is -0.0104. The van der Waals surface area contributed by atoms with Gasteiger partial charge < -0.3 is 10.2 Å². The first-order valence-corrected chi connectivity index (χ1v) is 4.15. The second-order valence-electron chi connectivity index (χ2n) is 3.45. The lowest BCUT2D eigenvalue weighted by atomic mass is 9.90. The normalized spacial score (nSPS) is 26.0. The summed E-state index contributed by atoms with van der Waals surface area (Å²) in [6.45, 7) is 3.30. The highest BCUT2D eigenvalue weighted by Gasteiger charge is 2.31. The monoisotopic (exact) mass is 156 g/mol. The molecule has 64 valence electrons. The maximum Gasteiger partial charge on any atom is 0.108 e. The number of aliphatic hydroxyl groups excluding tert-OH is 1. The zero-order valence-electron chi connectivity index (χ0n) is 7.17. The average molecular weight is 156 g/mol. The van der Waals surface area contributed by atoms with E-state index in [0.717, 1.165) is 24.8 Å². The Kier molecular flexibility index (Phi) is 2.35. The first-order chi connectivity index (χ1) is 5.05. The van der Waals surface area contributed by atoms with Crippen LogP contribution in [0.2, 0.25) is 0 Å². The highest BCUT2D eigenvalue weighted by molar-refractivity contribution is 5.20. The van der Waals surface area contributed by atoms with E-state index in [1.165, 1.54) is 0 Å². The number of rotatable bonds is 2. The van der Waals surface area contributed by atoms with Gasteiger partial charge in [0.2, 0.25) is 0 Å². The molecule has 2 nitrogen and oxygen atoms in total. The lowest BCUT2D eigenvalue weighted by Crippen LogP contribution is -2.38. The van der Waals surface area contributed by atoms with Crippen LogP contribution in [0.3, 0.4) is 0 Å². The molecule has 0 heterocycles. The third kappa shape index (κ3) is 1.63. The Bertz CT molecular complexity index is 168. The summed E-state index contributed by atoms with van der Waals surface area (Å²) < 4.78 is 0. The van der Waals surface area contributed by atoms with Gasteiger partial charge in [-0.2, -0.15) is 0 Å². The Hall–Kier alpha value is -0.340. The van der Waals surface area contributed by atoms with E-state index >= 15 is 0 Å². The minimum Gasteiger partial charge on any atom is -0.390 e. The second-order valence-corrected chi connectivity index (χ2v) is 3.45. The van der Waals surface area contributed by atoms with Crippen molar-refractivity contribution in [2.45, 2.75) is 44.8 Å². The van der Waals surface area contributed by atoms with E-state index in [2.05, 4.69) is 0 Å². The van der Waals surface area contributed by atoms with Gasteiger partial charge in [-0.3, -0.25) is 0 Å². The van der Waals surface area contributed by atoms with Crippen molar-refractivity contribution >= 4 is 0 Å². The molecule has 2 N–H and O–H groups in total. The van der Waals surface area contributed by atoms with Gasteiger partial charge in [0, 0.05) is 0 Å². The van der Waals surface area contributed by atoms with Gasteiger partial charge in [0.25, 0.3) is 0 Å². The second kappa shape index (κ2) is 2.95. The van der Waals surface area contributed by atoms with E-state index in [-0.39, 0.29) is 0 Å². The fraction of sp³-hybridized carbons (Fsp3) is 0.778. The number of aliphatic hydroxyl groups is 2. The molecular formula is C9H16O2. The van der Waals surface area contributed by atoms with Crippen LogP contribution in [0.1, 0.15) is 33.1 Å². The highest BCUT2D eigenvalue weighted by atomic mass is 16.3. The predicted octanol–water partition coefficient (Wildman–Crippen LogP) is 1.23. The number of hydrogen-bond donors (Lipinski definition) is 2. The quantitative estimate of drug-likeness (QED) is 0.590. The molecule has 11 heavy (non-hydrogen) atoms. The highest BCUT2D eigenvalue weighted by Crippen LogP contribution is 2.30. The summed E-state index contributed by atoms with van der Waals surface area (Å²) >= 11 is 0. The van der Waals surface area contributed by atoms with Crippen molar-refractivity contribution < 1.29 is 10.2 Å². The van der Waals surface area contributed by atoms with E-state index in [1.54, 1.807) is 13.8 Å². The van der Waals surface area contributed by atoms with E-state index in [9.17, 15) is 10.2 Å². The van der Waals surface area contributed by atoms with Gasteiger partial charge in [0.15, 0.2) is 0 Å². The summed E-state index contributed by atoms with van der Waals surface area (Å²) in [5.74, 6) is 0. The molecule has 1 aliphatic carbocycles. The van der Waals surface area contributed by atoms with Gasteiger partial charge >= 0.3 is 0 Å². The van der Waals surface area contributed by atoms with Crippen molar-refractivity contribution in [1.82, 2.24) is 0 Å². The summed E-state index contributed by atoms with van der Waals surface area (Å²) in [4.78, 5) is 0. The first kappa shape index (κ1) is 8.75. The van der Waals surface area contributed by atoms with Crippen molar-refractivity contribution in [1.29, 1.82) is 0 Å². The molecule has 0 aromatic carbocycles. The van der Waals surface area contributed by atoms with Crippen LogP contribution in [-0.4, -0.2) is 21.9 Å². The van der Waals surface area contributed by atoms with Crippen LogP contribution in [0.15, 0.2) is 11.6 Å². The minimum absolute atomic E-state index is 0.674. The van der Waals surface area contributed by atoms with E-state index in [0.29, 0.717) is 0 Å². The maximum atomic E-state index is 9.77. The summed E-state index contributed by atoms with van der Waals surface area (Å²) in [6, 6.07) is 0. The van der Waals surface area contributed by atoms with Crippen LogP contribution in [0.25, 0.3) is 0 Å². The Balaban J connectivity index is 2.70. The van der Waals surface area contributed by atoms with Crippen molar-refractivity contribution in [2.75, 3.05) is 0 Å².